The van der Waals surface area contributed by atoms with E-state index in [4.69, 9.17) is 0 Å². The molecule has 2 aromatic heterocycles. The van der Waals surface area contributed by atoms with Crippen molar-refractivity contribution in [3.8, 4) is 16.2 Å². The number of aliphatic imine (C=N–C) groups is 1. The lowest BCUT2D eigenvalue weighted by molar-refractivity contribution is 0.0961. The summed E-state index contributed by atoms with van der Waals surface area (Å²) in [5, 5.41) is 12.7. The zero-order valence-corrected chi connectivity index (χ0v) is 20.9. The molecule has 1 aliphatic carbocycles. The molecule has 176 valence electrons. The molecule has 0 spiro atoms. The molecular weight excluding hydrogens is 442 g/mol. The number of rotatable bonds is 6. The molecule has 1 aromatic carbocycles. The second kappa shape index (κ2) is 9.47. The van der Waals surface area contributed by atoms with E-state index in [9.17, 15) is 9.90 Å². The quantitative estimate of drug-likeness (QED) is 0.344. The third-order valence-electron chi connectivity index (χ3n) is 6.41. The Bertz CT molecular complexity index is 1270. The van der Waals surface area contributed by atoms with Crippen LogP contribution in [0.3, 0.4) is 0 Å². The number of phenols is 1. The molecule has 0 bridgehead atoms. The molecule has 4 rings (SSSR count). The average Bonchev–Trinajstić information content (AvgIpc) is 3.46. The highest BCUT2D eigenvalue weighted by molar-refractivity contribution is 7.15. The van der Waals surface area contributed by atoms with E-state index >= 15 is 0 Å². The van der Waals surface area contributed by atoms with E-state index in [2.05, 4.69) is 55.6 Å². The van der Waals surface area contributed by atoms with Gasteiger partial charge in [-0.25, -0.2) is 4.99 Å². The van der Waals surface area contributed by atoms with E-state index in [1.165, 1.54) is 21.6 Å². The van der Waals surface area contributed by atoms with Crippen molar-refractivity contribution in [3.63, 3.8) is 0 Å². The number of aryl methyl sites for hydroxylation is 1. The second-order valence-electron chi connectivity index (χ2n) is 9.77. The summed E-state index contributed by atoms with van der Waals surface area (Å²) < 4.78 is 0. The number of nitrogens with zero attached hydrogens (tertiary/aromatic N) is 1. The van der Waals surface area contributed by atoms with E-state index in [1.54, 1.807) is 35.7 Å². The van der Waals surface area contributed by atoms with Crippen LogP contribution >= 0.6 is 11.3 Å². The molecule has 0 radical (unpaired) electrons. The van der Waals surface area contributed by atoms with Gasteiger partial charge in [-0.1, -0.05) is 46.4 Å². The molecular formula is C28H31N3O2S. The van der Waals surface area contributed by atoms with Crippen LogP contribution < -0.4 is 5.32 Å². The summed E-state index contributed by atoms with van der Waals surface area (Å²) >= 11 is 1.79. The highest BCUT2D eigenvalue weighted by Crippen LogP contribution is 2.47. The van der Waals surface area contributed by atoms with Gasteiger partial charge >= 0.3 is 0 Å². The zero-order chi connectivity index (χ0) is 24.5. The first-order chi connectivity index (χ1) is 16.1. The lowest BCUT2D eigenvalue weighted by Crippen LogP contribution is -2.23. The molecule has 6 heteroatoms. The minimum atomic E-state index is -0.260. The van der Waals surface area contributed by atoms with Gasteiger partial charge in [0.2, 0.25) is 0 Å². The Kier molecular flexibility index (Phi) is 6.62. The number of thiophene rings is 1. The van der Waals surface area contributed by atoms with Gasteiger partial charge in [-0.15, -0.1) is 11.3 Å². The largest absolute Gasteiger partial charge is 0.508 e. The molecule has 0 saturated heterocycles. The van der Waals surface area contributed by atoms with Crippen LogP contribution in [-0.4, -0.2) is 22.2 Å². The van der Waals surface area contributed by atoms with Crippen LogP contribution in [0.15, 0.2) is 71.6 Å². The first-order valence-corrected chi connectivity index (χ1v) is 12.3. The summed E-state index contributed by atoms with van der Waals surface area (Å²) in [5.41, 5.74) is 5.29. The van der Waals surface area contributed by atoms with Gasteiger partial charge in [0.05, 0.1) is 0 Å². The molecule has 3 aromatic rings. The first kappa shape index (κ1) is 23.8. The van der Waals surface area contributed by atoms with Gasteiger partial charge in [0, 0.05) is 22.2 Å². The lowest BCUT2D eigenvalue weighted by atomic mass is 9.72. The standard InChI is InChI=1S/C28H31N3O2S/c1-17(28(3,4)5)26-20(16-30-18(2)31-27(33)23-10-7-13-29-23)11-12-24-22(26)15-25(34-24)19-8-6-9-21(32)14-19/h6-10,13-17,29,32H,2,11-12H2,1,3-5H3,(H,31,33). The molecule has 0 aliphatic heterocycles. The number of phenolic OH excluding ortho intramolecular Hbond substituents is 1. The zero-order valence-electron chi connectivity index (χ0n) is 20.1. The van der Waals surface area contributed by atoms with Crippen molar-refractivity contribution >= 4 is 29.0 Å². The van der Waals surface area contributed by atoms with Crippen molar-refractivity contribution in [2.24, 2.45) is 16.3 Å². The highest BCUT2D eigenvalue weighted by Gasteiger charge is 2.31. The Morgan fingerprint density at radius 3 is 2.71 bits per heavy atom. The molecule has 5 nitrogen and oxygen atoms in total. The maximum absolute atomic E-state index is 12.3. The van der Waals surface area contributed by atoms with Crippen LogP contribution in [-0.2, 0) is 6.42 Å². The fourth-order valence-electron chi connectivity index (χ4n) is 4.14. The molecule has 3 N–H and O–H groups in total. The van der Waals surface area contributed by atoms with Gasteiger partial charge in [-0.3, -0.25) is 4.79 Å². The SMILES string of the molecule is C=C(N=CC1=C(C(C)C(C)(C)C)c2cc(-c3cccc(O)c3)sc2CC1)NC(=O)c1ccc[nH]1. The van der Waals surface area contributed by atoms with Crippen molar-refractivity contribution in [1.29, 1.82) is 0 Å². The minimum absolute atomic E-state index is 0.0645. The Morgan fingerprint density at radius 1 is 1.24 bits per heavy atom. The van der Waals surface area contributed by atoms with Gasteiger partial charge in [-0.05, 0) is 76.8 Å². The first-order valence-electron chi connectivity index (χ1n) is 11.5. The molecule has 0 saturated carbocycles. The number of hydrogen-bond acceptors (Lipinski definition) is 4. The normalized spacial score (nSPS) is 14.8. The van der Waals surface area contributed by atoms with Gasteiger partial charge in [-0.2, -0.15) is 0 Å². The number of aromatic amines is 1. The number of aromatic nitrogens is 1. The molecule has 1 amide bonds. The number of carbonyl (C=O) groups excluding carboxylic acids is 1. The van der Waals surface area contributed by atoms with Crippen LogP contribution in [0.4, 0.5) is 0 Å². The highest BCUT2D eigenvalue weighted by atomic mass is 32.1. The van der Waals surface area contributed by atoms with Crippen LogP contribution in [0.2, 0.25) is 0 Å². The topological polar surface area (TPSA) is 77.5 Å². The lowest BCUT2D eigenvalue weighted by Gasteiger charge is -2.33. The number of aromatic hydroxyl groups is 1. The van der Waals surface area contributed by atoms with E-state index in [0.717, 1.165) is 23.3 Å². The van der Waals surface area contributed by atoms with Crippen LogP contribution in [0.1, 0.15) is 55.0 Å². The van der Waals surface area contributed by atoms with E-state index in [-0.39, 0.29) is 17.1 Å². The molecule has 2 heterocycles. The molecule has 34 heavy (non-hydrogen) atoms. The number of benzene rings is 1. The fraction of sp³-hybridized carbons (Fsp3) is 0.286. The average molecular weight is 474 g/mol. The summed E-state index contributed by atoms with van der Waals surface area (Å²) in [5.74, 6) is 0.618. The van der Waals surface area contributed by atoms with Crippen molar-refractivity contribution in [2.45, 2.75) is 40.5 Å². The Labute approximate surface area is 205 Å². The smallest absolute Gasteiger partial charge is 0.273 e. The summed E-state index contributed by atoms with van der Waals surface area (Å²) in [6, 6.07) is 13.2. The maximum atomic E-state index is 12.3. The van der Waals surface area contributed by atoms with E-state index in [1.807, 2.05) is 24.4 Å². The van der Waals surface area contributed by atoms with Gasteiger partial charge in [0.25, 0.3) is 5.91 Å². The van der Waals surface area contributed by atoms with Crippen molar-refractivity contribution < 1.29 is 9.90 Å². The second-order valence-corrected chi connectivity index (χ2v) is 10.9. The number of nitrogens with one attached hydrogen (secondary N) is 2. The maximum Gasteiger partial charge on any atom is 0.273 e. The van der Waals surface area contributed by atoms with E-state index in [0.29, 0.717) is 17.4 Å². The third-order valence-corrected chi connectivity index (χ3v) is 7.65. The Balaban J connectivity index is 1.68. The number of amides is 1. The molecule has 1 aliphatic rings. The molecule has 0 fully saturated rings. The number of fused-ring (bicyclic) bond motifs is 1. The van der Waals surface area contributed by atoms with E-state index < -0.39 is 0 Å². The summed E-state index contributed by atoms with van der Waals surface area (Å²) in [6.45, 7) is 13.0. The minimum Gasteiger partial charge on any atom is -0.508 e. The van der Waals surface area contributed by atoms with Gasteiger partial charge in [0.15, 0.2) is 0 Å². The number of H-pyrrole nitrogens is 1. The van der Waals surface area contributed by atoms with Crippen molar-refractivity contribution in [3.05, 3.63) is 82.8 Å². The van der Waals surface area contributed by atoms with Gasteiger partial charge in [0.1, 0.15) is 17.3 Å². The summed E-state index contributed by atoms with van der Waals surface area (Å²) in [4.78, 5) is 22.2. The Hall–Kier alpha value is -3.38. The predicted octanol–water partition coefficient (Wildman–Crippen LogP) is 6.80. The van der Waals surface area contributed by atoms with Crippen molar-refractivity contribution in [1.82, 2.24) is 10.3 Å². The van der Waals surface area contributed by atoms with Crippen LogP contribution in [0, 0.1) is 11.3 Å². The molecule has 1 atom stereocenters. The fourth-order valence-corrected chi connectivity index (χ4v) is 5.31. The number of allylic oxidation sites excluding steroid dienone is 2. The molecule has 1 unspecified atom stereocenters. The predicted molar refractivity (Wildman–Crippen MR) is 141 cm³/mol. The monoisotopic (exact) mass is 473 g/mol. The van der Waals surface area contributed by atoms with Gasteiger partial charge < -0.3 is 15.4 Å². The van der Waals surface area contributed by atoms with Crippen LogP contribution in [0.5, 0.6) is 5.75 Å². The number of hydrogen-bond donors (Lipinski definition) is 3. The third kappa shape index (κ3) is 5.07. The summed E-state index contributed by atoms with van der Waals surface area (Å²) in [7, 11) is 0. The summed E-state index contributed by atoms with van der Waals surface area (Å²) in [6.07, 6.45) is 5.38. The number of carbonyl (C=O) groups is 1. The Morgan fingerprint density at radius 2 is 2.03 bits per heavy atom. The van der Waals surface area contributed by atoms with Crippen LogP contribution in [0.25, 0.3) is 16.0 Å². The van der Waals surface area contributed by atoms with Crippen molar-refractivity contribution in [2.75, 3.05) is 0 Å².